The summed E-state index contributed by atoms with van der Waals surface area (Å²) in [4.78, 5) is 64.9. The van der Waals surface area contributed by atoms with Crippen LogP contribution in [0.2, 0.25) is 0 Å². The van der Waals surface area contributed by atoms with Crippen LogP contribution in [0.1, 0.15) is 45.6 Å². The first-order chi connectivity index (χ1) is 14.5. The maximum Gasteiger partial charge on any atom is 0.408 e. The Morgan fingerprint density at radius 1 is 1.10 bits per heavy atom. The fourth-order valence-corrected chi connectivity index (χ4v) is 2.98. The van der Waals surface area contributed by atoms with Gasteiger partial charge < -0.3 is 20.0 Å². The molecule has 2 rings (SSSR count). The number of ether oxygens (including phenoxy) is 1. The van der Waals surface area contributed by atoms with Gasteiger partial charge in [-0.05, 0) is 17.4 Å². The molecule has 2 atom stereocenters. The Labute approximate surface area is 179 Å². The number of nitrogens with zero attached hydrogens (tertiary/aromatic N) is 1. The highest BCUT2D eigenvalue weighted by atomic mass is 16.7. The zero-order chi connectivity index (χ0) is 23.2. The minimum Gasteiger partial charge on any atom is -0.480 e. The van der Waals surface area contributed by atoms with Crippen molar-refractivity contribution >= 4 is 29.8 Å². The van der Waals surface area contributed by atoms with Crippen LogP contribution in [0.25, 0.3) is 0 Å². The summed E-state index contributed by atoms with van der Waals surface area (Å²) in [5.41, 5.74) is -0.0627. The van der Waals surface area contributed by atoms with Gasteiger partial charge in [-0.2, -0.15) is 0 Å². The highest BCUT2D eigenvalue weighted by Gasteiger charge is 2.41. The van der Waals surface area contributed by atoms with E-state index in [1.54, 1.807) is 51.1 Å². The molecule has 1 fully saturated rings. The van der Waals surface area contributed by atoms with Crippen molar-refractivity contribution in [3.63, 3.8) is 0 Å². The number of hydroxylamine groups is 2. The van der Waals surface area contributed by atoms with Crippen LogP contribution in [0.4, 0.5) is 4.79 Å². The lowest BCUT2D eigenvalue weighted by molar-refractivity contribution is -0.203. The molecule has 0 spiro atoms. The average Bonchev–Trinajstić information content (AvgIpc) is 3.01. The molecule has 1 heterocycles. The second kappa shape index (κ2) is 10.1. The van der Waals surface area contributed by atoms with E-state index in [0.717, 1.165) is 5.56 Å². The lowest BCUT2D eigenvalue weighted by atomic mass is 9.77. The van der Waals surface area contributed by atoms with Crippen molar-refractivity contribution in [3.05, 3.63) is 35.9 Å². The first-order valence-electron chi connectivity index (χ1n) is 9.76. The summed E-state index contributed by atoms with van der Waals surface area (Å²) in [5.74, 6) is -4.61. The molecule has 168 valence electrons. The molecule has 0 aliphatic carbocycles. The molecule has 10 nitrogen and oxygen atoms in total. The molecule has 1 unspecified atom stereocenters. The third-order valence-electron chi connectivity index (χ3n) is 4.79. The highest BCUT2D eigenvalue weighted by Crippen LogP contribution is 2.32. The molecule has 0 saturated carbocycles. The van der Waals surface area contributed by atoms with Gasteiger partial charge in [0.2, 0.25) is 0 Å². The average molecular weight is 434 g/mol. The summed E-state index contributed by atoms with van der Waals surface area (Å²) in [6, 6.07) is 7.38. The number of nitrogens with one attached hydrogen (secondary N) is 1. The molecule has 1 aromatic rings. The van der Waals surface area contributed by atoms with Crippen molar-refractivity contribution in [1.29, 1.82) is 0 Å². The smallest absolute Gasteiger partial charge is 0.408 e. The first-order valence-corrected chi connectivity index (χ1v) is 9.76. The van der Waals surface area contributed by atoms with Crippen molar-refractivity contribution in [2.75, 3.05) is 0 Å². The second-order valence-corrected chi connectivity index (χ2v) is 8.24. The molecule has 1 aromatic carbocycles. The quantitative estimate of drug-likeness (QED) is 0.593. The molecule has 0 radical (unpaired) electrons. The van der Waals surface area contributed by atoms with Crippen molar-refractivity contribution in [3.8, 4) is 0 Å². The number of amides is 3. The summed E-state index contributed by atoms with van der Waals surface area (Å²) in [5, 5.41) is 12.2. The van der Waals surface area contributed by atoms with Crippen molar-refractivity contribution in [2.45, 2.75) is 52.7 Å². The van der Waals surface area contributed by atoms with Crippen LogP contribution >= 0.6 is 0 Å². The van der Waals surface area contributed by atoms with E-state index in [0.29, 0.717) is 5.06 Å². The minimum absolute atomic E-state index is 0.0526. The number of alkyl carbamates (subject to hydrolysis) is 1. The molecule has 31 heavy (non-hydrogen) atoms. The number of carbonyl (C=O) groups excluding carboxylic acids is 4. The van der Waals surface area contributed by atoms with Crippen LogP contribution < -0.4 is 5.32 Å². The Morgan fingerprint density at radius 2 is 1.68 bits per heavy atom. The van der Waals surface area contributed by atoms with E-state index >= 15 is 0 Å². The van der Waals surface area contributed by atoms with Gasteiger partial charge in [-0.25, -0.2) is 14.4 Å². The summed E-state index contributed by atoms with van der Waals surface area (Å²) in [6.45, 7) is 4.99. The summed E-state index contributed by atoms with van der Waals surface area (Å²) in [6.07, 6.45) is -1.39. The van der Waals surface area contributed by atoms with Gasteiger partial charge in [0.1, 0.15) is 12.6 Å². The molecule has 3 amide bonds. The molecule has 1 aliphatic rings. The van der Waals surface area contributed by atoms with E-state index in [1.165, 1.54) is 0 Å². The lowest BCUT2D eigenvalue weighted by Crippen LogP contribution is -2.46. The number of carbonyl (C=O) groups is 5. The maximum atomic E-state index is 12.7. The van der Waals surface area contributed by atoms with Crippen molar-refractivity contribution in [2.24, 2.45) is 11.3 Å². The fraction of sp³-hybridized carbons (Fsp3) is 0.476. The zero-order valence-electron chi connectivity index (χ0n) is 17.6. The molecule has 0 bridgehead atoms. The van der Waals surface area contributed by atoms with E-state index in [-0.39, 0.29) is 25.9 Å². The van der Waals surface area contributed by atoms with Crippen molar-refractivity contribution in [1.82, 2.24) is 10.4 Å². The molecule has 1 aliphatic heterocycles. The SMILES string of the molecule is CC(C)(C)C(C[C@H](NC(=O)OCc1ccccc1)C(=O)O)C(=O)ON1C(=O)CCC1=O. The number of carboxylic acid groups (broad SMARTS) is 1. The van der Waals surface area contributed by atoms with Gasteiger partial charge in [-0.3, -0.25) is 9.59 Å². The van der Waals surface area contributed by atoms with E-state index < -0.39 is 47.2 Å². The monoisotopic (exact) mass is 434 g/mol. The summed E-state index contributed by atoms with van der Waals surface area (Å²) in [7, 11) is 0. The number of imide groups is 1. The largest absolute Gasteiger partial charge is 0.480 e. The van der Waals surface area contributed by atoms with Crippen LogP contribution in [-0.4, -0.2) is 46.1 Å². The predicted octanol–water partition coefficient (Wildman–Crippen LogP) is 2.03. The highest BCUT2D eigenvalue weighted by molar-refractivity contribution is 6.01. The standard InChI is InChI=1S/C21H26N2O8/c1-21(2,3)14(19(28)31-23-16(24)9-10-17(23)25)11-15(18(26)27)22-20(29)30-12-13-7-5-4-6-8-13/h4-8,14-15H,9-12H2,1-3H3,(H,22,29)(H,26,27)/t14?,15-/m0/s1. The van der Waals surface area contributed by atoms with Gasteiger partial charge in [-0.15, -0.1) is 5.06 Å². The van der Waals surface area contributed by atoms with E-state index in [4.69, 9.17) is 9.57 Å². The number of hydrogen-bond acceptors (Lipinski definition) is 7. The number of carboxylic acids is 1. The molecular weight excluding hydrogens is 408 g/mol. The van der Waals surface area contributed by atoms with Crippen LogP contribution in [0, 0.1) is 11.3 Å². The normalized spacial score (nSPS) is 15.9. The Kier molecular flexibility index (Phi) is 7.73. The van der Waals surface area contributed by atoms with Gasteiger partial charge >= 0.3 is 18.0 Å². The van der Waals surface area contributed by atoms with Gasteiger partial charge in [0.25, 0.3) is 11.8 Å². The number of rotatable bonds is 8. The van der Waals surface area contributed by atoms with E-state index in [9.17, 15) is 29.1 Å². The molecule has 1 saturated heterocycles. The summed E-state index contributed by atoms with van der Waals surface area (Å²) >= 11 is 0. The lowest BCUT2D eigenvalue weighted by Gasteiger charge is -2.31. The van der Waals surface area contributed by atoms with Gasteiger partial charge in [0.15, 0.2) is 0 Å². The zero-order valence-corrected chi connectivity index (χ0v) is 17.6. The molecule has 10 heteroatoms. The predicted molar refractivity (Wildman–Crippen MR) is 106 cm³/mol. The topological polar surface area (TPSA) is 139 Å². The van der Waals surface area contributed by atoms with Gasteiger partial charge in [-0.1, -0.05) is 51.1 Å². The van der Waals surface area contributed by atoms with Crippen LogP contribution in [0.15, 0.2) is 30.3 Å². The molecule has 0 aromatic heterocycles. The van der Waals surface area contributed by atoms with Gasteiger partial charge in [0, 0.05) is 12.8 Å². The van der Waals surface area contributed by atoms with E-state index in [1.807, 2.05) is 0 Å². The molecular formula is C21H26N2O8. The van der Waals surface area contributed by atoms with E-state index in [2.05, 4.69) is 5.32 Å². The number of aliphatic carboxylic acids is 1. The molecule has 2 N–H and O–H groups in total. The Hall–Kier alpha value is -3.43. The number of benzene rings is 1. The third kappa shape index (κ3) is 6.80. The third-order valence-corrected chi connectivity index (χ3v) is 4.79. The van der Waals surface area contributed by atoms with Gasteiger partial charge in [0.05, 0.1) is 5.92 Å². The Morgan fingerprint density at radius 3 is 2.19 bits per heavy atom. The number of hydrogen-bond donors (Lipinski definition) is 2. The second-order valence-electron chi connectivity index (χ2n) is 8.24. The Balaban J connectivity index is 2.04. The summed E-state index contributed by atoms with van der Waals surface area (Å²) < 4.78 is 5.05. The van der Waals surface area contributed by atoms with Crippen molar-refractivity contribution < 1.29 is 38.7 Å². The van der Waals surface area contributed by atoms with Crippen LogP contribution in [-0.2, 0) is 35.4 Å². The fourth-order valence-electron chi connectivity index (χ4n) is 2.98. The van der Waals surface area contributed by atoms with Crippen LogP contribution in [0.3, 0.4) is 0 Å². The Bertz CT molecular complexity index is 831. The van der Waals surface area contributed by atoms with Crippen LogP contribution in [0.5, 0.6) is 0 Å². The first kappa shape index (κ1) is 23.8. The maximum absolute atomic E-state index is 12.7. The minimum atomic E-state index is -1.45.